The molecule has 0 aliphatic carbocycles. The van der Waals surface area contributed by atoms with Crippen molar-refractivity contribution in [2.75, 3.05) is 0 Å². The molecule has 1 aliphatic heterocycles. The highest BCUT2D eigenvalue weighted by Crippen LogP contribution is 2.47. The van der Waals surface area contributed by atoms with Gasteiger partial charge in [0, 0.05) is 19.9 Å². The van der Waals surface area contributed by atoms with Crippen LogP contribution in [0.3, 0.4) is 0 Å². The number of aromatic nitrogens is 2. The predicted octanol–water partition coefficient (Wildman–Crippen LogP) is 2.71. The van der Waals surface area contributed by atoms with E-state index in [2.05, 4.69) is 0 Å². The summed E-state index contributed by atoms with van der Waals surface area (Å²) in [6.07, 6.45) is -4.85. The van der Waals surface area contributed by atoms with E-state index in [0.29, 0.717) is 10.6 Å². The number of alkyl halides is 3. The minimum atomic E-state index is -4.85. The minimum Gasteiger partial charge on any atom is -0.447 e. The number of nitrogens with one attached hydrogen (secondary N) is 1. The van der Waals surface area contributed by atoms with Crippen molar-refractivity contribution in [3.8, 4) is 17.2 Å². The maximum absolute atomic E-state index is 12.7. The maximum atomic E-state index is 12.7. The van der Waals surface area contributed by atoms with Crippen molar-refractivity contribution in [3.05, 3.63) is 49.8 Å². The SMILES string of the molecule is CC1(C)Oc2c(Cl)ccc(-n3c(=O)cc(C(F)(F)F)[nH]c3=O)c2O1. The number of ether oxygens (including phenoxy) is 2. The Morgan fingerprint density at radius 1 is 1.17 bits per heavy atom. The molecule has 0 saturated carbocycles. The number of H-pyrrole nitrogens is 1. The van der Waals surface area contributed by atoms with Crippen molar-refractivity contribution in [3.63, 3.8) is 0 Å². The van der Waals surface area contributed by atoms with Crippen molar-refractivity contribution < 1.29 is 22.6 Å². The van der Waals surface area contributed by atoms with E-state index >= 15 is 0 Å². The summed E-state index contributed by atoms with van der Waals surface area (Å²) >= 11 is 5.99. The first-order chi connectivity index (χ1) is 11.0. The molecule has 0 radical (unpaired) electrons. The zero-order chi connectivity index (χ0) is 17.9. The summed E-state index contributed by atoms with van der Waals surface area (Å²) in [6.45, 7) is 3.15. The molecule has 24 heavy (non-hydrogen) atoms. The summed E-state index contributed by atoms with van der Waals surface area (Å²) in [4.78, 5) is 25.7. The van der Waals surface area contributed by atoms with Gasteiger partial charge in [-0.15, -0.1) is 0 Å². The van der Waals surface area contributed by atoms with Gasteiger partial charge >= 0.3 is 11.9 Å². The molecule has 0 saturated heterocycles. The number of fused-ring (bicyclic) bond motifs is 1. The van der Waals surface area contributed by atoms with Crippen LogP contribution in [0.2, 0.25) is 5.02 Å². The van der Waals surface area contributed by atoms with Crippen LogP contribution < -0.4 is 20.7 Å². The normalized spacial score (nSPS) is 15.6. The number of hydrogen-bond donors (Lipinski definition) is 1. The third kappa shape index (κ3) is 2.64. The molecule has 1 aromatic carbocycles. The van der Waals surface area contributed by atoms with E-state index in [-0.39, 0.29) is 22.2 Å². The Labute approximate surface area is 137 Å². The standard InChI is InChI=1S/C14H10ClF3N2O4/c1-13(2)23-10-6(15)3-4-7(11(10)24-13)20-9(21)5-8(14(16,17)18)19-12(20)22/h3-5H,1-2H3,(H,19,22). The molecule has 10 heteroatoms. The Morgan fingerprint density at radius 3 is 2.38 bits per heavy atom. The van der Waals surface area contributed by atoms with Gasteiger partial charge in [0.1, 0.15) is 11.4 Å². The number of halogens is 4. The van der Waals surface area contributed by atoms with E-state index in [1.807, 2.05) is 0 Å². The van der Waals surface area contributed by atoms with Gasteiger partial charge in [0.05, 0.1) is 5.02 Å². The smallest absolute Gasteiger partial charge is 0.431 e. The monoisotopic (exact) mass is 362 g/mol. The van der Waals surface area contributed by atoms with E-state index in [4.69, 9.17) is 21.1 Å². The van der Waals surface area contributed by atoms with E-state index in [1.165, 1.54) is 12.1 Å². The lowest BCUT2D eigenvalue weighted by Crippen LogP contribution is -2.36. The lowest BCUT2D eigenvalue weighted by Gasteiger charge is -2.16. The fraction of sp³-hybridized carbons (Fsp3) is 0.286. The van der Waals surface area contributed by atoms with Crippen LogP contribution in [0.25, 0.3) is 5.69 Å². The molecule has 3 rings (SSSR count). The average Bonchev–Trinajstić information content (AvgIpc) is 2.76. The molecular formula is C14H10ClF3N2O4. The molecule has 1 aliphatic rings. The third-order valence-corrected chi connectivity index (χ3v) is 3.52. The van der Waals surface area contributed by atoms with E-state index < -0.39 is 28.9 Å². The van der Waals surface area contributed by atoms with Crippen molar-refractivity contribution in [1.29, 1.82) is 0 Å². The molecule has 0 fully saturated rings. The largest absolute Gasteiger partial charge is 0.447 e. The molecule has 2 aromatic rings. The Morgan fingerprint density at radius 2 is 1.79 bits per heavy atom. The summed E-state index contributed by atoms with van der Waals surface area (Å²) in [7, 11) is 0. The molecule has 2 heterocycles. The van der Waals surface area contributed by atoms with E-state index in [0.717, 1.165) is 0 Å². The Balaban J connectivity index is 2.25. The summed E-state index contributed by atoms with van der Waals surface area (Å²) < 4.78 is 49.6. The number of aromatic amines is 1. The van der Waals surface area contributed by atoms with Crippen LogP contribution in [0, 0.1) is 0 Å². The zero-order valence-electron chi connectivity index (χ0n) is 12.3. The first kappa shape index (κ1) is 16.4. The fourth-order valence-corrected chi connectivity index (χ4v) is 2.47. The van der Waals surface area contributed by atoms with Crippen molar-refractivity contribution in [2.24, 2.45) is 0 Å². The van der Waals surface area contributed by atoms with E-state index in [1.54, 1.807) is 18.8 Å². The van der Waals surface area contributed by atoms with Gasteiger partial charge < -0.3 is 14.5 Å². The van der Waals surface area contributed by atoms with Gasteiger partial charge in [-0.1, -0.05) is 11.6 Å². The Hall–Kier alpha value is -2.42. The molecule has 1 N–H and O–H groups in total. The summed E-state index contributed by atoms with van der Waals surface area (Å²) in [6, 6.07) is 2.93. The molecule has 0 atom stereocenters. The molecule has 0 unspecified atom stereocenters. The second-order valence-electron chi connectivity index (χ2n) is 5.49. The number of nitrogens with zero attached hydrogens (tertiary/aromatic N) is 1. The van der Waals surface area contributed by atoms with Gasteiger partial charge in [0.15, 0.2) is 11.5 Å². The first-order valence-corrected chi connectivity index (χ1v) is 7.02. The fourth-order valence-electron chi connectivity index (χ4n) is 2.29. The zero-order valence-corrected chi connectivity index (χ0v) is 13.1. The highest BCUT2D eigenvalue weighted by Gasteiger charge is 2.37. The molecule has 0 bridgehead atoms. The third-order valence-electron chi connectivity index (χ3n) is 3.22. The van der Waals surface area contributed by atoms with Gasteiger partial charge in [-0.3, -0.25) is 4.79 Å². The van der Waals surface area contributed by atoms with Gasteiger partial charge in [-0.2, -0.15) is 13.2 Å². The molecule has 1 aromatic heterocycles. The van der Waals surface area contributed by atoms with Crippen LogP contribution >= 0.6 is 11.6 Å². The number of hydrogen-bond acceptors (Lipinski definition) is 4. The van der Waals surface area contributed by atoms with Gasteiger partial charge in [-0.05, 0) is 12.1 Å². The topological polar surface area (TPSA) is 73.3 Å². The summed E-state index contributed by atoms with van der Waals surface area (Å²) in [5, 5.41) is 0.177. The molecule has 128 valence electrons. The Kier molecular flexibility index (Phi) is 3.45. The van der Waals surface area contributed by atoms with Crippen molar-refractivity contribution in [2.45, 2.75) is 25.8 Å². The number of rotatable bonds is 1. The maximum Gasteiger partial charge on any atom is 0.431 e. The van der Waals surface area contributed by atoms with Crippen LogP contribution in [-0.4, -0.2) is 15.3 Å². The highest BCUT2D eigenvalue weighted by molar-refractivity contribution is 6.32. The van der Waals surface area contributed by atoms with E-state index in [9.17, 15) is 22.8 Å². The summed E-state index contributed by atoms with van der Waals surface area (Å²) in [5.41, 5.74) is -3.92. The van der Waals surface area contributed by atoms with Gasteiger partial charge in [-0.25, -0.2) is 9.36 Å². The van der Waals surface area contributed by atoms with Crippen LogP contribution in [0.15, 0.2) is 27.8 Å². The van der Waals surface area contributed by atoms with Crippen molar-refractivity contribution in [1.82, 2.24) is 9.55 Å². The van der Waals surface area contributed by atoms with Gasteiger partial charge in [0.25, 0.3) is 5.56 Å². The van der Waals surface area contributed by atoms with Crippen LogP contribution in [-0.2, 0) is 6.18 Å². The van der Waals surface area contributed by atoms with Crippen LogP contribution in [0.4, 0.5) is 13.2 Å². The predicted molar refractivity (Wildman–Crippen MR) is 78.0 cm³/mol. The lowest BCUT2D eigenvalue weighted by molar-refractivity contribution is -0.141. The summed E-state index contributed by atoms with van der Waals surface area (Å²) in [5.74, 6) is -1.00. The van der Waals surface area contributed by atoms with Crippen molar-refractivity contribution >= 4 is 11.6 Å². The molecule has 0 amide bonds. The minimum absolute atomic E-state index is 0.000131. The highest BCUT2D eigenvalue weighted by atomic mass is 35.5. The van der Waals surface area contributed by atoms with Crippen LogP contribution in [0.5, 0.6) is 11.5 Å². The second-order valence-corrected chi connectivity index (χ2v) is 5.90. The Bertz CT molecular complexity index is 915. The second kappa shape index (κ2) is 5.04. The van der Waals surface area contributed by atoms with Crippen LogP contribution in [0.1, 0.15) is 19.5 Å². The molecular weight excluding hydrogens is 353 g/mol. The quantitative estimate of drug-likeness (QED) is 0.846. The van der Waals surface area contributed by atoms with Gasteiger partial charge in [0.2, 0.25) is 5.79 Å². The first-order valence-electron chi connectivity index (χ1n) is 6.64. The number of benzene rings is 1. The average molecular weight is 363 g/mol. The molecule has 0 spiro atoms. The molecule has 6 nitrogen and oxygen atoms in total. The lowest BCUT2D eigenvalue weighted by atomic mass is 10.2.